The first-order valence-corrected chi connectivity index (χ1v) is 11.9. The van der Waals surface area contributed by atoms with Crippen molar-refractivity contribution in [1.82, 2.24) is 14.5 Å². The van der Waals surface area contributed by atoms with Crippen LogP contribution >= 0.6 is 0 Å². The fourth-order valence-corrected chi connectivity index (χ4v) is 4.57. The molecule has 0 bridgehead atoms. The van der Waals surface area contributed by atoms with Gasteiger partial charge in [-0.25, -0.2) is 4.79 Å². The van der Waals surface area contributed by atoms with Crippen LogP contribution in [0.15, 0.2) is 60.7 Å². The van der Waals surface area contributed by atoms with Gasteiger partial charge in [-0.05, 0) is 22.8 Å². The molecule has 0 atom stereocenters. The molecule has 2 saturated heterocycles. The number of piperazine rings is 1. The van der Waals surface area contributed by atoms with Gasteiger partial charge in [-0.15, -0.1) is 4.73 Å². The molecule has 5 rings (SSSR count). The number of rotatable bonds is 5. The summed E-state index contributed by atoms with van der Waals surface area (Å²) in [5, 5.41) is 19.4. The molecule has 2 fully saturated rings. The highest BCUT2D eigenvalue weighted by atomic mass is 16.7. The molecule has 35 heavy (non-hydrogen) atoms. The van der Waals surface area contributed by atoms with Crippen LogP contribution in [-0.4, -0.2) is 83.3 Å². The number of nitrogens with zero attached hydrogens (tertiary/aromatic N) is 4. The van der Waals surface area contributed by atoms with E-state index >= 15 is 0 Å². The van der Waals surface area contributed by atoms with Crippen LogP contribution in [0.5, 0.6) is 11.8 Å². The Morgan fingerprint density at radius 1 is 0.829 bits per heavy atom. The number of amides is 1. The Kier molecular flexibility index (Phi) is 6.78. The number of hydrogen-bond donors (Lipinski definition) is 2. The monoisotopic (exact) mass is 478 g/mol. The second-order valence-corrected chi connectivity index (χ2v) is 8.77. The highest BCUT2D eigenvalue weighted by Crippen LogP contribution is 2.30. The normalized spacial score (nSPS) is 16.9. The van der Waals surface area contributed by atoms with Gasteiger partial charge < -0.3 is 29.6 Å². The second kappa shape index (κ2) is 10.3. The molecule has 2 aliphatic rings. The van der Waals surface area contributed by atoms with Gasteiger partial charge in [0.1, 0.15) is 0 Å². The Morgan fingerprint density at radius 2 is 1.51 bits per heavy atom. The van der Waals surface area contributed by atoms with Crippen molar-refractivity contribution in [2.24, 2.45) is 0 Å². The van der Waals surface area contributed by atoms with Crippen LogP contribution in [0.2, 0.25) is 0 Å². The van der Waals surface area contributed by atoms with E-state index in [0.717, 1.165) is 37.6 Å². The third-order valence-electron chi connectivity index (χ3n) is 6.54. The number of aromatic nitrogens is 1. The lowest BCUT2D eigenvalue weighted by molar-refractivity contribution is 0.0555. The highest BCUT2D eigenvalue weighted by Gasteiger charge is 2.25. The zero-order valence-corrected chi connectivity index (χ0v) is 19.5. The van der Waals surface area contributed by atoms with Gasteiger partial charge in [0.15, 0.2) is 0 Å². The zero-order chi connectivity index (χ0) is 24.2. The number of ether oxygens (including phenoxy) is 1. The quantitative estimate of drug-likeness (QED) is 0.583. The molecule has 2 N–H and O–H groups in total. The molecule has 0 spiro atoms. The maximum atomic E-state index is 12.5. The SMILES string of the molecule is O=C(On1c(O)ccc1O)N1CCN(Cc2ccc(-c3ccccc3)cc2N2CCOCC2)CC1. The third-order valence-corrected chi connectivity index (χ3v) is 6.54. The summed E-state index contributed by atoms with van der Waals surface area (Å²) in [4.78, 5) is 23.9. The molecular weight excluding hydrogens is 448 g/mol. The maximum absolute atomic E-state index is 12.5. The summed E-state index contributed by atoms with van der Waals surface area (Å²) < 4.78 is 6.30. The summed E-state index contributed by atoms with van der Waals surface area (Å²) in [7, 11) is 0. The van der Waals surface area contributed by atoms with Crippen molar-refractivity contribution >= 4 is 11.8 Å². The summed E-state index contributed by atoms with van der Waals surface area (Å²) in [6.07, 6.45) is -0.604. The maximum Gasteiger partial charge on any atom is 0.434 e. The molecule has 184 valence electrons. The Balaban J connectivity index is 1.26. The van der Waals surface area contributed by atoms with Crippen LogP contribution in [0.3, 0.4) is 0 Å². The highest BCUT2D eigenvalue weighted by molar-refractivity contribution is 5.71. The number of hydrogen-bond acceptors (Lipinski definition) is 7. The molecule has 0 radical (unpaired) electrons. The second-order valence-electron chi connectivity index (χ2n) is 8.77. The van der Waals surface area contributed by atoms with Crippen LogP contribution in [0.4, 0.5) is 10.5 Å². The smallest absolute Gasteiger partial charge is 0.434 e. The van der Waals surface area contributed by atoms with E-state index in [2.05, 4.69) is 52.3 Å². The van der Waals surface area contributed by atoms with Crippen molar-refractivity contribution < 1.29 is 24.6 Å². The molecule has 9 nitrogen and oxygen atoms in total. The lowest BCUT2D eigenvalue weighted by Crippen LogP contribution is -2.50. The van der Waals surface area contributed by atoms with E-state index in [1.54, 1.807) is 4.90 Å². The average molecular weight is 479 g/mol. The molecular formula is C26H30N4O5. The Bertz CT molecular complexity index is 1130. The molecule has 0 aliphatic carbocycles. The van der Waals surface area contributed by atoms with Crippen LogP contribution in [0, 0.1) is 0 Å². The summed E-state index contributed by atoms with van der Waals surface area (Å²) in [6, 6.07) is 19.6. The first kappa shape index (κ1) is 23.1. The van der Waals surface area contributed by atoms with Gasteiger partial charge in [0.05, 0.1) is 13.2 Å². The molecule has 1 amide bonds. The van der Waals surface area contributed by atoms with Gasteiger partial charge in [0.2, 0.25) is 11.8 Å². The number of carbonyl (C=O) groups is 1. The molecule has 0 unspecified atom stereocenters. The number of anilines is 1. The molecule has 9 heteroatoms. The minimum Gasteiger partial charge on any atom is -0.492 e. The fourth-order valence-electron chi connectivity index (χ4n) is 4.57. The third kappa shape index (κ3) is 5.21. The van der Waals surface area contributed by atoms with E-state index in [-0.39, 0.29) is 11.8 Å². The molecule has 1 aromatic heterocycles. The number of benzene rings is 2. The van der Waals surface area contributed by atoms with Crippen molar-refractivity contribution in [3.05, 3.63) is 66.2 Å². The van der Waals surface area contributed by atoms with Crippen LogP contribution < -0.4 is 9.74 Å². The minimum atomic E-state index is -0.604. The number of aromatic hydroxyl groups is 2. The number of morpholine rings is 1. The molecule has 2 aromatic carbocycles. The van der Waals surface area contributed by atoms with Gasteiger partial charge >= 0.3 is 6.09 Å². The van der Waals surface area contributed by atoms with Crippen LogP contribution in [0.25, 0.3) is 11.1 Å². The van der Waals surface area contributed by atoms with Gasteiger partial charge in [0.25, 0.3) is 0 Å². The van der Waals surface area contributed by atoms with Crippen LogP contribution in [0.1, 0.15) is 5.56 Å². The van der Waals surface area contributed by atoms with Gasteiger partial charge in [0, 0.05) is 63.6 Å². The van der Waals surface area contributed by atoms with Crippen molar-refractivity contribution in [2.45, 2.75) is 6.54 Å². The average Bonchev–Trinajstić information content (AvgIpc) is 3.22. The molecule has 2 aliphatic heterocycles. The largest absolute Gasteiger partial charge is 0.492 e. The minimum absolute atomic E-state index is 0.330. The zero-order valence-electron chi connectivity index (χ0n) is 19.5. The Hall–Kier alpha value is -3.69. The summed E-state index contributed by atoms with van der Waals surface area (Å²) in [6.45, 7) is 6.35. The van der Waals surface area contributed by atoms with E-state index in [1.807, 2.05) is 6.07 Å². The standard InChI is InChI=1S/C26H30N4O5/c31-24-8-9-25(32)30(24)35-26(33)29-12-10-27(11-13-29)19-22-7-6-21(20-4-2-1-3-5-20)18-23(22)28-14-16-34-17-15-28/h1-9,18,31-32H,10-17,19H2. The predicted octanol–water partition coefficient (Wildman–Crippen LogP) is 2.77. The van der Waals surface area contributed by atoms with Crippen molar-refractivity contribution in [3.8, 4) is 22.9 Å². The van der Waals surface area contributed by atoms with Gasteiger partial charge in [-0.3, -0.25) is 4.90 Å². The van der Waals surface area contributed by atoms with E-state index in [4.69, 9.17) is 9.57 Å². The Labute approximate surface area is 204 Å². The van der Waals surface area contributed by atoms with E-state index in [0.29, 0.717) is 26.2 Å². The summed E-state index contributed by atoms with van der Waals surface area (Å²) >= 11 is 0. The molecule has 0 saturated carbocycles. The van der Waals surface area contributed by atoms with E-state index in [1.165, 1.54) is 34.5 Å². The molecule has 3 heterocycles. The summed E-state index contributed by atoms with van der Waals surface area (Å²) in [5.41, 5.74) is 4.88. The van der Waals surface area contributed by atoms with Gasteiger partial charge in [-0.2, -0.15) is 0 Å². The van der Waals surface area contributed by atoms with Gasteiger partial charge in [-0.1, -0.05) is 42.5 Å². The van der Waals surface area contributed by atoms with Crippen molar-refractivity contribution in [1.29, 1.82) is 0 Å². The topological polar surface area (TPSA) is 90.6 Å². The Morgan fingerprint density at radius 3 is 2.20 bits per heavy atom. The van der Waals surface area contributed by atoms with E-state index in [9.17, 15) is 15.0 Å². The van der Waals surface area contributed by atoms with Crippen molar-refractivity contribution in [3.63, 3.8) is 0 Å². The lowest BCUT2D eigenvalue weighted by Gasteiger charge is -2.36. The summed E-state index contributed by atoms with van der Waals surface area (Å²) in [5.74, 6) is -0.659. The number of carbonyl (C=O) groups excluding carboxylic acids is 1. The molecule has 3 aromatic rings. The fraction of sp³-hybridized carbons (Fsp3) is 0.346. The first-order chi connectivity index (χ1) is 17.1. The van der Waals surface area contributed by atoms with E-state index < -0.39 is 6.09 Å². The van der Waals surface area contributed by atoms with Crippen LogP contribution in [-0.2, 0) is 11.3 Å². The predicted molar refractivity (Wildman–Crippen MR) is 131 cm³/mol. The van der Waals surface area contributed by atoms with Crippen molar-refractivity contribution in [2.75, 3.05) is 57.4 Å². The first-order valence-electron chi connectivity index (χ1n) is 11.9. The lowest BCUT2D eigenvalue weighted by atomic mass is 10.0.